The van der Waals surface area contributed by atoms with Crippen molar-refractivity contribution in [2.24, 2.45) is 0 Å². The standard InChI is InChI=1S/C13H16O4/c1-9-10(4-6-12(14)15)3-5-11-13(9)17-8-2-7-16-11/h3,5H,2,4,6-8H2,1H3,(H,14,15). The molecule has 4 heteroatoms. The minimum atomic E-state index is -0.781. The molecule has 1 aromatic carbocycles. The molecule has 17 heavy (non-hydrogen) atoms. The van der Waals surface area contributed by atoms with Gasteiger partial charge in [0.2, 0.25) is 0 Å². The highest BCUT2D eigenvalue weighted by atomic mass is 16.5. The van der Waals surface area contributed by atoms with E-state index in [1.54, 1.807) is 0 Å². The van der Waals surface area contributed by atoms with Gasteiger partial charge in [-0.15, -0.1) is 0 Å². The highest BCUT2D eigenvalue weighted by Crippen LogP contribution is 2.35. The Balaban J connectivity index is 2.24. The molecule has 0 atom stereocenters. The van der Waals surface area contributed by atoms with E-state index in [1.807, 2.05) is 19.1 Å². The van der Waals surface area contributed by atoms with Crippen molar-refractivity contribution in [2.45, 2.75) is 26.2 Å². The van der Waals surface area contributed by atoms with Gasteiger partial charge in [-0.1, -0.05) is 6.07 Å². The lowest BCUT2D eigenvalue weighted by atomic mass is 10.0. The molecular weight excluding hydrogens is 220 g/mol. The van der Waals surface area contributed by atoms with Gasteiger partial charge in [-0.2, -0.15) is 0 Å². The third-order valence-electron chi connectivity index (χ3n) is 2.88. The van der Waals surface area contributed by atoms with Crippen LogP contribution in [0.1, 0.15) is 24.0 Å². The van der Waals surface area contributed by atoms with E-state index in [4.69, 9.17) is 14.6 Å². The summed E-state index contributed by atoms with van der Waals surface area (Å²) in [4.78, 5) is 10.6. The first-order chi connectivity index (χ1) is 8.18. The number of hydrogen-bond acceptors (Lipinski definition) is 3. The Hall–Kier alpha value is -1.71. The van der Waals surface area contributed by atoms with Crippen LogP contribution in [0, 0.1) is 6.92 Å². The zero-order chi connectivity index (χ0) is 12.3. The third kappa shape index (κ3) is 2.70. The van der Waals surface area contributed by atoms with E-state index in [0.29, 0.717) is 19.6 Å². The molecule has 0 aliphatic carbocycles. The first-order valence-corrected chi connectivity index (χ1v) is 5.78. The van der Waals surface area contributed by atoms with E-state index in [1.165, 1.54) is 0 Å². The lowest BCUT2D eigenvalue weighted by Gasteiger charge is -2.13. The number of carboxylic acids is 1. The van der Waals surface area contributed by atoms with Crippen molar-refractivity contribution in [3.05, 3.63) is 23.3 Å². The molecule has 4 nitrogen and oxygen atoms in total. The third-order valence-corrected chi connectivity index (χ3v) is 2.88. The van der Waals surface area contributed by atoms with Crippen molar-refractivity contribution in [3.63, 3.8) is 0 Å². The molecule has 0 bridgehead atoms. The summed E-state index contributed by atoms with van der Waals surface area (Å²) in [6, 6.07) is 3.79. The summed E-state index contributed by atoms with van der Waals surface area (Å²) in [6.45, 7) is 3.27. The second-order valence-electron chi connectivity index (χ2n) is 4.12. The number of hydrogen-bond donors (Lipinski definition) is 1. The predicted molar refractivity (Wildman–Crippen MR) is 62.7 cm³/mol. The van der Waals surface area contributed by atoms with Crippen molar-refractivity contribution >= 4 is 5.97 Å². The van der Waals surface area contributed by atoms with Crippen LogP contribution in [0.25, 0.3) is 0 Å². The van der Waals surface area contributed by atoms with Gasteiger partial charge in [0.05, 0.1) is 13.2 Å². The fourth-order valence-electron chi connectivity index (χ4n) is 1.93. The number of aliphatic carboxylic acids is 1. The van der Waals surface area contributed by atoms with Crippen LogP contribution in [0.4, 0.5) is 0 Å². The number of carboxylic acid groups (broad SMARTS) is 1. The molecule has 1 aromatic rings. The van der Waals surface area contributed by atoms with Gasteiger partial charge in [0, 0.05) is 12.8 Å². The van der Waals surface area contributed by atoms with E-state index in [-0.39, 0.29) is 6.42 Å². The smallest absolute Gasteiger partial charge is 0.303 e. The van der Waals surface area contributed by atoms with Crippen molar-refractivity contribution in [1.29, 1.82) is 0 Å². The zero-order valence-corrected chi connectivity index (χ0v) is 9.86. The van der Waals surface area contributed by atoms with Crippen LogP contribution in [0.15, 0.2) is 12.1 Å². The Morgan fingerprint density at radius 3 is 2.88 bits per heavy atom. The van der Waals surface area contributed by atoms with Gasteiger partial charge >= 0.3 is 5.97 Å². The summed E-state index contributed by atoms with van der Waals surface area (Å²) in [6.07, 6.45) is 1.54. The summed E-state index contributed by atoms with van der Waals surface area (Å²) in [5.74, 6) is 0.751. The SMILES string of the molecule is Cc1c(CCC(=O)O)ccc2c1OCCCO2. The van der Waals surface area contributed by atoms with Gasteiger partial charge in [0.25, 0.3) is 0 Å². The Morgan fingerprint density at radius 2 is 2.12 bits per heavy atom. The number of rotatable bonds is 3. The lowest BCUT2D eigenvalue weighted by Crippen LogP contribution is -2.01. The van der Waals surface area contributed by atoms with Gasteiger partial charge in [0.1, 0.15) is 0 Å². The van der Waals surface area contributed by atoms with Gasteiger partial charge in [-0.25, -0.2) is 0 Å². The highest BCUT2D eigenvalue weighted by Gasteiger charge is 2.15. The van der Waals surface area contributed by atoms with E-state index in [0.717, 1.165) is 29.0 Å². The van der Waals surface area contributed by atoms with Crippen LogP contribution in [0.3, 0.4) is 0 Å². The monoisotopic (exact) mass is 236 g/mol. The molecule has 1 N–H and O–H groups in total. The molecule has 0 radical (unpaired) electrons. The van der Waals surface area contributed by atoms with Gasteiger partial charge in [-0.05, 0) is 30.5 Å². The Kier molecular flexibility index (Phi) is 3.52. The topological polar surface area (TPSA) is 55.8 Å². The van der Waals surface area contributed by atoms with Crippen molar-refractivity contribution < 1.29 is 19.4 Å². The van der Waals surface area contributed by atoms with Crippen molar-refractivity contribution in [2.75, 3.05) is 13.2 Å². The Morgan fingerprint density at radius 1 is 1.35 bits per heavy atom. The molecule has 1 aliphatic heterocycles. The van der Waals surface area contributed by atoms with Gasteiger partial charge in [0.15, 0.2) is 11.5 Å². The number of carbonyl (C=O) groups is 1. The minimum Gasteiger partial charge on any atom is -0.490 e. The van der Waals surface area contributed by atoms with Crippen molar-refractivity contribution in [1.82, 2.24) is 0 Å². The number of fused-ring (bicyclic) bond motifs is 1. The van der Waals surface area contributed by atoms with Crippen LogP contribution in [-0.4, -0.2) is 24.3 Å². The predicted octanol–water partition coefficient (Wildman–Crippen LogP) is 2.17. The molecule has 0 spiro atoms. The summed E-state index contributed by atoms with van der Waals surface area (Å²) < 4.78 is 11.2. The van der Waals surface area contributed by atoms with Gasteiger partial charge < -0.3 is 14.6 Å². The Labute approximate surface area is 100 Å². The van der Waals surface area contributed by atoms with Crippen LogP contribution in [-0.2, 0) is 11.2 Å². The maximum absolute atomic E-state index is 10.6. The second kappa shape index (κ2) is 5.08. The maximum Gasteiger partial charge on any atom is 0.303 e. The molecule has 2 rings (SSSR count). The summed E-state index contributed by atoms with van der Waals surface area (Å²) >= 11 is 0. The summed E-state index contributed by atoms with van der Waals surface area (Å²) in [7, 11) is 0. The second-order valence-corrected chi connectivity index (χ2v) is 4.12. The average molecular weight is 236 g/mol. The molecule has 0 aromatic heterocycles. The molecular formula is C13H16O4. The van der Waals surface area contributed by atoms with Gasteiger partial charge in [-0.3, -0.25) is 4.79 Å². The number of ether oxygens (including phenoxy) is 2. The van der Waals surface area contributed by atoms with Crippen molar-refractivity contribution in [3.8, 4) is 11.5 Å². The van der Waals surface area contributed by atoms with Crippen LogP contribution < -0.4 is 9.47 Å². The first kappa shape index (κ1) is 11.8. The molecule has 1 aliphatic rings. The fraction of sp³-hybridized carbons (Fsp3) is 0.462. The number of benzene rings is 1. The van der Waals surface area contributed by atoms with E-state index in [2.05, 4.69) is 0 Å². The average Bonchev–Trinajstić information content (AvgIpc) is 2.53. The van der Waals surface area contributed by atoms with Crippen LogP contribution in [0.2, 0.25) is 0 Å². The number of aryl methyl sites for hydroxylation is 1. The van der Waals surface area contributed by atoms with Crippen LogP contribution in [0.5, 0.6) is 11.5 Å². The van der Waals surface area contributed by atoms with E-state index in [9.17, 15) is 4.79 Å². The maximum atomic E-state index is 10.6. The highest BCUT2D eigenvalue weighted by molar-refractivity contribution is 5.67. The van der Waals surface area contributed by atoms with E-state index < -0.39 is 5.97 Å². The molecule has 92 valence electrons. The molecule has 0 fully saturated rings. The normalized spacial score (nSPS) is 14.2. The van der Waals surface area contributed by atoms with Crippen LogP contribution >= 0.6 is 0 Å². The largest absolute Gasteiger partial charge is 0.490 e. The fourth-order valence-corrected chi connectivity index (χ4v) is 1.93. The molecule has 0 saturated carbocycles. The first-order valence-electron chi connectivity index (χ1n) is 5.78. The summed E-state index contributed by atoms with van der Waals surface area (Å²) in [5, 5.41) is 8.69. The van der Waals surface area contributed by atoms with E-state index >= 15 is 0 Å². The molecule has 0 amide bonds. The Bertz CT molecular complexity index is 426. The molecule has 0 saturated heterocycles. The quantitative estimate of drug-likeness (QED) is 0.873. The zero-order valence-electron chi connectivity index (χ0n) is 9.86. The minimum absolute atomic E-state index is 0.139. The summed E-state index contributed by atoms with van der Waals surface area (Å²) in [5.41, 5.74) is 2.00. The lowest BCUT2D eigenvalue weighted by molar-refractivity contribution is -0.136. The molecule has 1 heterocycles. The molecule has 0 unspecified atom stereocenters.